The molecule has 0 unspecified atom stereocenters. The van der Waals surface area contributed by atoms with Gasteiger partial charge in [-0.2, -0.15) is 5.26 Å². The van der Waals surface area contributed by atoms with Crippen molar-refractivity contribution in [2.24, 2.45) is 0 Å². The van der Waals surface area contributed by atoms with E-state index in [2.05, 4.69) is 10.3 Å². The number of anilines is 1. The van der Waals surface area contributed by atoms with Crippen LogP contribution in [0.3, 0.4) is 0 Å². The molecule has 1 aromatic heterocycles. The van der Waals surface area contributed by atoms with Gasteiger partial charge in [0.15, 0.2) is 0 Å². The van der Waals surface area contributed by atoms with Crippen LogP contribution in [0.25, 0.3) is 0 Å². The summed E-state index contributed by atoms with van der Waals surface area (Å²) < 4.78 is 13.3. The molecule has 3 nitrogen and oxygen atoms in total. The van der Waals surface area contributed by atoms with E-state index in [0.717, 1.165) is 5.56 Å². The highest BCUT2D eigenvalue weighted by molar-refractivity contribution is 5.45. The van der Waals surface area contributed by atoms with Crippen LogP contribution in [0.4, 0.5) is 10.1 Å². The van der Waals surface area contributed by atoms with Gasteiger partial charge in [-0.1, -0.05) is 18.2 Å². The lowest BCUT2D eigenvalue weighted by Gasteiger charge is -2.07. The second-order valence-electron chi connectivity index (χ2n) is 3.46. The standard InChI is InChI=1S/C13H10FN3/c14-11-5-1-2-6-12(11)17-9-10-4-3-7-16-13(10)8-15/h1-7,17H,9H2. The second kappa shape index (κ2) is 5.08. The molecule has 2 aromatic rings. The SMILES string of the molecule is N#Cc1ncccc1CNc1ccccc1F. The Labute approximate surface area is 98.5 Å². The number of nitrogens with one attached hydrogen (secondary N) is 1. The van der Waals surface area contributed by atoms with E-state index >= 15 is 0 Å². The van der Waals surface area contributed by atoms with Crippen LogP contribution in [0.15, 0.2) is 42.6 Å². The van der Waals surface area contributed by atoms with Crippen molar-refractivity contribution in [1.29, 1.82) is 5.26 Å². The van der Waals surface area contributed by atoms with Gasteiger partial charge in [0.25, 0.3) is 0 Å². The topological polar surface area (TPSA) is 48.7 Å². The normalized spacial score (nSPS) is 9.65. The van der Waals surface area contributed by atoms with Crippen molar-refractivity contribution in [3.05, 3.63) is 59.7 Å². The highest BCUT2D eigenvalue weighted by Crippen LogP contribution is 2.14. The molecule has 17 heavy (non-hydrogen) atoms. The highest BCUT2D eigenvalue weighted by Gasteiger charge is 2.03. The molecule has 4 heteroatoms. The molecule has 0 radical (unpaired) electrons. The molecule has 2 rings (SSSR count). The zero-order valence-electron chi connectivity index (χ0n) is 9.02. The number of benzene rings is 1. The summed E-state index contributed by atoms with van der Waals surface area (Å²) in [6.07, 6.45) is 1.56. The van der Waals surface area contributed by atoms with Crippen LogP contribution >= 0.6 is 0 Å². The van der Waals surface area contributed by atoms with Gasteiger partial charge in [-0.25, -0.2) is 9.37 Å². The number of nitrogens with zero attached hydrogens (tertiary/aromatic N) is 2. The van der Waals surface area contributed by atoms with E-state index in [9.17, 15) is 4.39 Å². The Kier molecular flexibility index (Phi) is 3.31. The Hall–Kier alpha value is -2.41. The lowest BCUT2D eigenvalue weighted by Crippen LogP contribution is -2.04. The second-order valence-corrected chi connectivity index (χ2v) is 3.46. The Morgan fingerprint density at radius 3 is 2.82 bits per heavy atom. The van der Waals surface area contributed by atoms with Crippen LogP contribution in [0.5, 0.6) is 0 Å². The van der Waals surface area contributed by atoms with Gasteiger partial charge in [-0.3, -0.25) is 0 Å². The summed E-state index contributed by atoms with van der Waals surface area (Å²) in [5.74, 6) is -0.310. The quantitative estimate of drug-likeness (QED) is 0.877. The van der Waals surface area contributed by atoms with E-state index in [-0.39, 0.29) is 5.82 Å². The zero-order chi connectivity index (χ0) is 12.1. The zero-order valence-corrected chi connectivity index (χ0v) is 9.02. The summed E-state index contributed by atoms with van der Waals surface area (Å²) in [6.45, 7) is 0.373. The first-order valence-electron chi connectivity index (χ1n) is 5.13. The number of nitriles is 1. The van der Waals surface area contributed by atoms with E-state index in [1.165, 1.54) is 6.07 Å². The van der Waals surface area contributed by atoms with Gasteiger partial charge >= 0.3 is 0 Å². The molecular weight excluding hydrogens is 217 g/mol. The van der Waals surface area contributed by atoms with Gasteiger partial charge in [0.2, 0.25) is 0 Å². The third kappa shape index (κ3) is 2.58. The predicted molar refractivity (Wildman–Crippen MR) is 62.7 cm³/mol. The maximum atomic E-state index is 13.3. The van der Waals surface area contributed by atoms with E-state index in [0.29, 0.717) is 17.9 Å². The molecule has 0 amide bonds. The van der Waals surface area contributed by atoms with E-state index in [4.69, 9.17) is 5.26 Å². The largest absolute Gasteiger partial charge is 0.378 e. The van der Waals surface area contributed by atoms with Crippen LogP contribution in [0.1, 0.15) is 11.3 Å². The summed E-state index contributed by atoms with van der Waals surface area (Å²) in [7, 11) is 0. The molecule has 0 fully saturated rings. The number of hydrogen-bond acceptors (Lipinski definition) is 3. The van der Waals surface area contributed by atoms with Crippen molar-refractivity contribution >= 4 is 5.69 Å². The molecule has 84 valence electrons. The van der Waals surface area contributed by atoms with E-state index < -0.39 is 0 Å². The molecule has 0 atom stereocenters. The number of aromatic nitrogens is 1. The van der Waals surface area contributed by atoms with Crippen LogP contribution < -0.4 is 5.32 Å². The Morgan fingerprint density at radius 2 is 2.06 bits per heavy atom. The van der Waals surface area contributed by atoms with Crippen molar-refractivity contribution in [3.63, 3.8) is 0 Å². The van der Waals surface area contributed by atoms with Crippen LogP contribution in [-0.4, -0.2) is 4.98 Å². The lowest BCUT2D eigenvalue weighted by atomic mass is 10.2. The number of halogens is 1. The number of para-hydroxylation sites is 1. The molecule has 1 aromatic carbocycles. The van der Waals surface area contributed by atoms with Crippen molar-refractivity contribution in [2.75, 3.05) is 5.32 Å². The average molecular weight is 227 g/mol. The molecule has 0 aliphatic carbocycles. The Balaban J connectivity index is 2.13. The molecule has 0 bridgehead atoms. The monoisotopic (exact) mass is 227 g/mol. The van der Waals surface area contributed by atoms with Crippen LogP contribution in [-0.2, 0) is 6.54 Å². The molecule has 0 aliphatic rings. The van der Waals surface area contributed by atoms with E-state index in [1.54, 1.807) is 36.5 Å². The van der Waals surface area contributed by atoms with Crippen molar-refractivity contribution < 1.29 is 4.39 Å². The molecule has 0 aliphatic heterocycles. The number of hydrogen-bond donors (Lipinski definition) is 1. The third-order valence-corrected chi connectivity index (χ3v) is 2.34. The van der Waals surface area contributed by atoms with E-state index in [1.807, 2.05) is 6.07 Å². The summed E-state index contributed by atoms with van der Waals surface area (Å²) in [5.41, 5.74) is 1.52. The average Bonchev–Trinajstić information content (AvgIpc) is 2.38. The molecule has 1 heterocycles. The Morgan fingerprint density at radius 1 is 1.24 bits per heavy atom. The number of pyridine rings is 1. The fraction of sp³-hybridized carbons (Fsp3) is 0.0769. The summed E-state index contributed by atoms with van der Waals surface area (Å²) in [4.78, 5) is 3.94. The lowest BCUT2D eigenvalue weighted by molar-refractivity contribution is 0.630. The van der Waals surface area contributed by atoms with Crippen LogP contribution in [0, 0.1) is 17.1 Å². The maximum absolute atomic E-state index is 13.3. The summed E-state index contributed by atoms with van der Waals surface area (Å²) in [6, 6.07) is 12.0. The van der Waals surface area contributed by atoms with Gasteiger partial charge < -0.3 is 5.32 Å². The molecule has 0 saturated carbocycles. The molecular formula is C13H10FN3. The van der Waals surface area contributed by atoms with Crippen molar-refractivity contribution in [1.82, 2.24) is 4.98 Å². The highest BCUT2D eigenvalue weighted by atomic mass is 19.1. The van der Waals surface area contributed by atoms with Gasteiger partial charge in [0.05, 0.1) is 5.69 Å². The first kappa shape index (κ1) is 11.1. The number of rotatable bonds is 3. The maximum Gasteiger partial charge on any atom is 0.146 e. The van der Waals surface area contributed by atoms with Crippen molar-refractivity contribution in [2.45, 2.75) is 6.54 Å². The minimum absolute atomic E-state index is 0.310. The Bertz CT molecular complexity index is 561. The van der Waals surface area contributed by atoms with Crippen molar-refractivity contribution in [3.8, 4) is 6.07 Å². The molecule has 0 spiro atoms. The van der Waals surface area contributed by atoms with Gasteiger partial charge in [-0.05, 0) is 18.2 Å². The summed E-state index contributed by atoms with van der Waals surface area (Å²) >= 11 is 0. The summed E-state index contributed by atoms with van der Waals surface area (Å²) in [5, 5.41) is 11.8. The minimum Gasteiger partial charge on any atom is -0.378 e. The fourth-order valence-electron chi connectivity index (χ4n) is 1.48. The van der Waals surface area contributed by atoms with Gasteiger partial charge in [-0.15, -0.1) is 0 Å². The van der Waals surface area contributed by atoms with Gasteiger partial charge in [0, 0.05) is 18.3 Å². The predicted octanol–water partition coefficient (Wildman–Crippen LogP) is 2.70. The van der Waals surface area contributed by atoms with Crippen LogP contribution in [0.2, 0.25) is 0 Å². The molecule has 0 saturated heterocycles. The smallest absolute Gasteiger partial charge is 0.146 e. The third-order valence-electron chi connectivity index (χ3n) is 2.34. The first-order valence-corrected chi connectivity index (χ1v) is 5.13. The first-order chi connectivity index (χ1) is 8.31. The van der Waals surface area contributed by atoms with Gasteiger partial charge in [0.1, 0.15) is 17.6 Å². The fourth-order valence-corrected chi connectivity index (χ4v) is 1.48. The minimum atomic E-state index is -0.310. The molecule has 1 N–H and O–H groups in total.